The zero-order valence-electron chi connectivity index (χ0n) is 11.5. The monoisotopic (exact) mass is 251 g/mol. The fraction of sp³-hybridized carbons (Fsp3) is 0.692. The van der Waals surface area contributed by atoms with Crippen LogP contribution in [0, 0.1) is 0 Å². The quantitative estimate of drug-likeness (QED) is 0.858. The molecule has 0 unspecified atom stereocenters. The van der Waals surface area contributed by atoms with E-state index in [1.54, 1.807) is 0 Å². The summed E-state index contributed by atoms with van der Waals surface area (Å²) in [6.07, 6.45) is 2.21. The van der Waals surface area contributed by atoms with E-state index in [4.69, 9.17) is 4.74 Å². The molecule has 0 saturated heterocycles. The molecule has 0 aliphatic heterocycles. The van der Waals surface area contributed by atoms with Gasteiger partial charge in [-0.2, -0.15) is 4.98 Å². The average molecular weight is 251 g/mol. The highest BCUT2D eigenvalue weighted by Gasteiger charge is 2.27. The number of aromatic nitrogens is 2. The lowest BCUT2D eigenvalue weighted by molar-refractivity contribution is 0.110. The van der Waals surface area contributed by atoms with Crippen LogP contribution in [-0.2, 0) is 0 Å². The maximum absolute atomic E-state index is 11.5. The number of H-pyrrole nitrogens is 1. The third-order valence-corrected chi connectivity index (χ3v) is 3.48. The Kier molecular flexibility index (Phi) is 3.43. The predicted molar refractivity (Wildman–Crippen MR) is 70.1 cm³/mol. The predicted octanol–water partition coefficient (Wildman–Crippen LogP) is 1.37. The summed E-state index contributed by atoms with van der Waals surface area (Å²) in [4.78, 5) is 20.7. The molecule has 1 saturated carbocycles. The molecule has 1 aromatic rings. The van der Waals surface area contributed by atoms with Crippen molar-refractivity contribution in [3.63, 3.8) is 0 Å². The zero-order chi connectivity index (χ0) is 13.3. The second kappa shape index (κ2) is 4.72. The van der Waals surface area contributed by atoms with E-state index in [0.29, 0.717) is 18.4 Å². The molecule has 18 heavy (non-hydrogen) atoms. The van der Waals surface area contributed by atoms with E-state index < -0.39 is 0 Å². The van der Waals surface area contributed by atoms with E-state index in [-0.39, 0.29) is 11.1 Å². The van der Waals surface area contributed by atoms with Gasteiger partial charge in [0.25, 0.3) is 5.56 Å². The summed E-state index contributed by atoms with van der Waals surface area (Å²) in [5.41, 5.74) is -0.228. The molecule has 1 aliphatic rings. The lowest BCUT2D eigenvalue weighted by atomic mass is 10.1. The molecule has 5 nitrogen and oxygen atoms in total. The lowest BCUT2D eigenvalue weighted by Crippen LogP contribution is -2.43. The van der Waals surface area contributed by atoms with Gasteiger partial charge >= 0.3 is 0 Å². The third-order valence-electron chi connectivity index (χ3n) is 3.48. The number of rotatable bonds is 5. The molecule has 1 heterocycles. The molecule has 0 spiro atoms. The Bertz CT molecular complexity index is 475. The van der Waals surface area contributed by atoms with Gasteiger partial charge in [0.2, 0.25) is 5.88 Å². The van der Waals surface area contributed by atoms with Crippen LogP contribution in [0.4, 0.5) is 0 Å². The molecule has 1 N–H and O–H groups in total. The van der Waals surface area contributed by atoms with Gasteiger partial charge in [0.15, 0.2) is 0 Å². The summed E-state index contributed by atoms with van der Waals surface area (Å²) in [5.74, 6) is 1.61. The van der Waals surface area contributed by atoms with Crippen molar-refractivity contribution < 1.29 is 4.74 Å². The molecule has 0 atom stereocenters. The van der Waals surface area contributed by atoms with Crippen molar-refractivity contribution in [3.8, 4) is 5.88 Å². The molecule has 1 fully saturated rings. The first-order chi connectivity index (χ1) is 8.38. The summed E-state index contributed by atoms with van der Waals surface area (Å²) >= 11 is 0. The second-order valence-corrected chi connectivity index (χ2v) is 5.74. The zero-order valence-corrected chi connectivity index (χ0v) is 11.5. The first-order valence-electron chi connectivity index (χ1n) is 6.30. The minimum absolute atomic E-state index is 0.0932. The normalized spacial score (nSPS) is 16.1. The highest BCUT2D eigenvalue weighted by Crippen LogP contribution is 2.37. The first kappa shape index (κ1) is 13.1. The Labute approximate surface area is 107 Å². The van der Waals surface area contributed by atoms with Crippen LogP contribution in [0.15, 0.2) is 10.9 Å². The minimum Gasteiger partial charge on any atom is -0.476 e. The molecule has 100 valence electrons. The van der Waals surface area contributed by atoms with Crippen LogP contribution >= 0.6 is 0 Å². The standard InChI is InChI=1S/C13H21N3O2/c1-13(2,16(3)4)8-18-11-7-10(17)14-12(15-11)9-5-6-9/h7,9H,5-6,8H2,1-4H3,(H,14,15,17). The fourth-order valence-corrected chi connectivity index (χ4v) is 1.46. The maximum atomic E-state index is 11.5. The van der Waals surface area contributed by atoms with Crippen LogP contribution in [-0.4, -0.2) is 41.1 Å². The largest absolute Gasteiger partial charge is 0.476 e. The molecular weight excluding hydrogens is 230 g/mol. The van der Waals surface area contributed by atoms with Crippen LogP contribution in [0.1, 0.15) is 38.4 Å². The van der Waals surface area contributed by atoms with Crippen molar-refractivity contribution in [2.45, 2.75) is 38.1 Å². The van der Waals surface area contributed by atoms with E-state index in [9.17, 15) is 4.79 Å². The van der Waals surface area contributed by atoms with E-state index in [1.165, 1.54) is 6.07 Å². The van der Waals surface area contributed by atoms with Crippen LogP contribution in [0.3, 0.4) is 0 Å². The van der Waals surface area contributed by atoms with Gasteiger partial charge in [0.05, 0.1) is 6.07 Å². The van der Waals surface area contributed by atoms with Crippen molar-refractivity contribution in [1.29, 1.82) is 0 Å². The van der Waals surface area contributed by atoms with Crippen molar-refractivity contribution in [2.75, 3.05) is 20.7 Å². The number of ether oxygens (including phenoxy) is 1. The second-order valence-electron chi connectivity index (χ2n) is 5.74. The first-order valence-corrected chi connectivity index (χ1v) is 6.30. The van der Waals surface area contributed by atoms with Crippen molar-refractivity contribution in [2.24, 2.45) is 0 Å². The summed E-state index contributed by atoms with van der Waals surface area (Å²) in [5, 5.41) is 0. The number of nitrogens with one attached hydrogen (secondary N) is 1. The number of aromatic amines is 1. The van der Waals surface area contributed by atoms with Gasteiger partial charge < -0.3 is 14.6 Å². The smallest absolute Gasteiger partial charge is 0.254 e. The van der Waals surface area contributed by atoms with E-state index in [2.05, 4.69) is 28.7 Å². The topological polar surface area (TPSA) is 58.2 Å². The minimum atomic E-state index is -0.135. The Morgan fingerprint density at radius 2 is 2.17 bits per heavy atom. The van der Waals surface area contributed by atoms with Crippen molar-refractivity contribution in [1.82, 2.24) is 14.9 Å². The molecule has 0 amide bonds. The summed E-state index contributed by atoms with van der Waals surface area (Å²) in [7, 11) is 4.01. The Balaban J connectivity index is 2.07. The third kappa shape index (κ3) is 3.10. The summed E-state index contributed by atoms with van der Waals surface area (Å²) in [6.45, 7) is 4.67. The van der Waals surface area contributed by atoms with E-state index in [1.807, 2.05) is 14.1 Å². The summed E-state index contributed by atoms with van der Waals surface area (Å²) < 4.78 is 5.66. The van der Waals surface area contributed by atoms with Crippen LogP contribution in [0.25, 0.3) is 0 Å². The molecular formula is C13H21N3O2. The van der Waals surface area contributed by atoms with Crippen LogP contribution in [0.5, 0.6) is 5.88 Å². The highest BCUT2D eigenvalue weighted by molar-refractivity contribution is 5.14. The van der Waals surface area contributed by atoms with E-state index in [0.717, 1.165) is 18.7 Å². The van der Waals surface area contributed by atoms with Gasteiger partial charge in [-0.3, -0.25) is 4.79 Å². The summed E-state index contributed by atoms with van der Waals surface area (Å²) in [6, 6.07) is 1.41. The number of nitrogens with zero attached hydrogens (tertiary/aromatic N) is 2. The molecule has 0 bridgehead atoms. The Morgan fingerprint density at radius 3 is 2.72 bits per heavy atom. The van der Waals surface area contributed by atoms with Gasteiger partial charge in [-0.15, -0.1) is 0 Å². The maximum Gasteiger partial charge on any atom is 0.254 e. The molecule has 1 aliphatic carbocycles. The fourth-order valence-electron chi connectivity index (χ4n) is 1.46. The Hall–Kier alpha value is -1.36. The lowest BCUT2D eigenvalue weighted by Gasteiger charge is -2.31. The van der Waals surface area contributed by atoms with Crippen molar-refractivity contribution >= 4 is 0 Å². The molecule has 5 heteroatoms. The van der Waals surface area contributed by atoms with Gasteiger partial charge in [0, 0.05) is 11.5 Å². The van der Waals surface area contributed by atoms with Crippen LogP contribution < -0.4 is 10.3 Å². The molecule has 1 aromatic heterocycles. The number of hydrogen-bond acceptors (Lipinski definition) is 4. The van der Waals surface area contributed by atoms with E-state index >= 15 is 0 Å². The number of hydrogen-bond donors (Lipinski definition) is 1. The molecule has 2 rings (SSSR count). The van der Waals surface area contributed by atoms with Gasteiger partial charge in [-0.25, -0.2) is 0 Å². The van der Waals surface area contributed by atoms with Crippen LogP contribution in [0.2, 0.25) is 0 Å². The SMILES string of the molecule is CN(C)C(C)(C)COc1cc(=O)[nH]c(C2CC2)n1. The van der Waals surface area contributed by atoms with Gasteiger partial charge in [-0.05, 0) is 40.8 Å². The van der Waals surface area contributed by atoms with Gasteiger partial charge in [0.1, 0.15) is 12.4 Å². The number of likely N-dealkylation sites (N-methyl/N-ethyl adjacent to an activating group) is 1. The molecule has 0 aromatic carbocycles. The molecule has 0 radical (unpaired) electrons. The van der Waals surface area contributed by atoms with Crippen molar-refractivity contribution in [3.05, 3.63) is 22.2 Å². The Morgan fingerprint density at radius 1 is 1.50 bits per heavy atom. The van der Waals surface area contributed by atoms with Gasteiger partial charge in [-0.1, -0.05) is 0 Å². The highest BCUT2D eigenvalue weighted by atomic mass is 16.5. The average Bonchev–Trinajstić information content (AvgIpc) is 3.09.